The zero-order valence-corrected chi connectivity index (χ0v) is 20.7. The Morgan fingerprint density at radius 3 is 2.41 bits per heavy atom. The first-order valence-corrected chi connectivity index (χ1v) is 12.7. The molecule has 34 heavy (non-hydrogen) atoms. The van der Waals surface area contributed by atoms with Crippen LogP contribution in [0.3, 0.4) is 0 Å². The molecule has 0 radical (unpaired) electrons. The summed E-state index contributed by atoms with van der Waals surface area (Å²) in [7, 11) is 0. The highest BCUT2D eigenvalue weighted by atomic mass is 15.2. The van der Waals surface area contributed by atoms with Crippen molar-refractivity contribution in [1.29, 1.82) is 0 Å². The van der Waals surface area contributed by atoms with Crippen molar-refractivity contribution in [2.45, 2.75) is 58.4 Å². The van der Waals surface area contributed by atoms with Crippen LogP contribution in [0, 0.1) is 5.92 Å². The van der Waals surface area contributed by atoms with E-state index in [1.54, 1.807) is 0 Å². The van der Waals surface area contributed by atoms with E-state index >= 15 is 0 Å². The summed E-state index contributed by atoms with van der Waals surface area (Å²) in [5.41, 5.74) is 6.40. The third-order valence-corrected chi connectivity index (χ3v) is 6.72. The van der Waals surface area contributed by atoms with Gasteiger partial charge in [-0.2, -0.15) is 0 Å². The second kappa shape index (κ2) is 11.7. The first kappa shape index (κ1) is 23.9. The van der Waals surface area contributed by atoms with Crippen molar-refractivity contribution >= 4 is 0 Å². The van der Waals surface area contributed by atoms with Gasteiger partial charge in [-0.3, -0.25) is 0 Å². The second-order valence-corrected chi connectivity index (χ2v) is 9.27. The molecule has 4 aliphatic rings. The highest BCUT2D eigenvalue weighted by molar-refractivity contribution is 5.40. The van der Waals surface area contributed by atoms with E-state index in [-0.39, 0.29) is 0 Å². The first-order chi connectivity index (χ1) is 16.7. The zero-order valence-electron chi connectivity index (χ0n) is 20.7. The summed E-state index contributed by atoms with van der Waals surface area (Å²) < 4.78 is 0. The maximum Gasteiger partial charge on any atom is 0.0556 e. The number of hydrogen-bond donors (Lipinski definition) is 0. The summed E-state index contributed by atoms with van der Waals surface area (Å²) in [5.74, 6) is 0.617. The SMILES string of the molecule is C=CC(=CC=CC)N(C1=CCCC=C1)C1=CC=C(N(C2=CCC(C)C=C2)C2C=CC=CC2)CC1. The van der Waals surface area contributed by atoms with E-state index < -0.39 is 0 Å². The summed E-state index contributed by atoms with van der Waals surface area (Å²) in [5, 5.41) is 0. The lowest BCUT2D eigenvalue weighted by atomic mass is 9.96. The van der Waals surface area contributed by atoms with Crippen LogP contribution in [0.4, 0.5) is 0 Å². The molecule has 2 nitrogen and oxygen atoms in total. The molecule has 0 aromatic heterocycles. The molecule has 0 bridgehead atoms. The van der Waals surface area contributed by atoms with Gasteiger partial charge in [0, 0.05) is 28.5 Å². The fraction of sp³-hybridized carbons (Fsp3) is 0.312. The van der Waals surface area contributed by atoms with Crippen LogP contribution in [0.1, 0.15) is 52.4 Å². The van der Waals surface area contributed by atoms with Crippen LogP contribution in [-0.2, 0) is 0 Å². The molecule has 2 heteroatoms. The smallest absolute Gasteiger partial charge is 0.0556 e. The third-order valence-electron chi connectivity index (χ3n) is 6.72. The third kappa shape index (κ3) is 5.62. The van der Waals surface area contributed by atoms with Gasteiger partial charge in [0.1, 0.15) is 0 Å². The van der Waals surface area contributed by atoms with Gasteiger partial charge in [0.2, 0.25) is 0 Å². The normalized spacial score (nSPS) is 24.5. The molecule has 0 amide bonds. The monoisotopic (exact) mass is 450 g/mol. The van der Waals surface area contributed by atoms with Gasteiger partial charge in [0.05, 0.1) is 6.04 Å². The van der Waals surface area contributed by atoms with Gasteiger partial charge in [-0.15, -0.1) is 0 Å². The molecule has 2 unspecified atom stereocenters. The van der Waals surface area contributed by atoms with Crippen LogP contribution >= 0.6 is 0 Å². The largest absolute Gasteiger partial charge is 0.338 e. The number of allylic oxidation sites excluding steroid dienone is 16. The lowest BCUT2D eigenvalue weighted by molar-refractivity contribution is 0.349. The number of hydrogen-bond acceptors (Lipinski definition) is 2. The standard InChI is InChI=1S/C32H38N2/c1-4-6-13-27(5-2)33(28-14-9-7-10-15-28)31-22-24-32(25-23-31)34(29-16-11-8-12-17-29)30-20-18-26(3)19-21-30/h4-6,8-9,11-16,18,20-22,24,26,29H,2,7,10,17,19,23,25H2,1,3H3. The maximum atomic E-state index is 4.12. The van der Waals surface area contributed by atoms with Crippen LogP contribution in [0.15, 0.2) is 132 Å². The Bertz CT molecular complexity index is 1060. The highest BCUT2D eigenvalue weighted by Gasteiger charge is 2.26. The molecule has 0 saturated carbocycles. The molecule has 0 heterocycles. The van der Waals surface area contributed by atoms with Crippen molar-refractivity contribution in [3.63, 3.8) is 0 Å². The van der Waals surface area contributed by atoms with Gasteiger partial charge in [-0.1, -0.05) is 74.3 Å². The average molecular weight is 451 g/mol. The Hall–Kier alpha value is -3.26. The molecule has 0 aromatic carbocycles. The summed E-state index contributed by atoms with van der Waals surface area (Å²) in [6.45, 7) is 8.46. The molecule has 0 aromatic rings. The van der Waals surface area contributed by atoms with Crippen LogP contribution in [0.2, 0.25) is 0 Å². The van der Waals surface area contributed by atoms with Crippen molar-refractivity contribution < 1.29 is 0 Å². The molecule has 4 rings (SSSR count). The Kier molecular flexibility index (Phi) is 8.25. The van der Waals surface area contributed by atoms with Crippen LogP contribution < -0.4 is 0 Å². The molecule has 0 N–H and O–H groups in total. The molecule has 4 aliphatic carbocycles. The zero-order chi connectivity index (χ0) is 23.8. The summed E-state index contributed by atoms with van der Waals surface area (Å²) in [4.78, 5) is 4.94. The minimum Gasteiger partial charge on any atom is -0.338 e. The molecular weight excluding hydrogens is 412 g/mol. The van der Waals surface area contributed by atoms with Gasteiger partial charge in [0.15, 0.2) is 0 Å². The Balaban J connectivity index is 1.68. The minimum absolute atomic E-state index is 0.369. The van der Waals surface area contributed by atoms with Crippen molar-refractivity contribution in [2.75, 3.05) is 0 Å². The lowest BCUT2D eigenvalue weighted by Crippen LogP contribution is -2.34. The van der Waals surface area contributed by atoms with E-state index in [2.05, 4.69) is 121 Å². The van der Waals surface area contributed by atoms with Gasteiger partial charge in [0.25, 0.3) is 0 Å². The van der Waals surface area contributed by atoms with Crippen LogP contribution in [0.5, 0.6) is 0 Å². The van der Waals surface area contributed by atoms with E-state index in [9.17, 15) is 0 Å². The number of nitrogens with zero attached hydrogens (tertiary/aromatic N) is 2. The van der Waals surface area contributed by atoms with E-state index in [4.69, 9.17) is 0 Å². The highest BCUT2D eigenvalue weighted by Crippen LogP contribution is 2.35. The van der Waals surface area contributed by atoms with E-state index in [1.165, 1.54) is 22.8 Å². The molecule has 0 aliphatic heterocycles. The maximum absolute atomic E-state index is 4.12. The van der Waals surface area contributed by atoms with Crippen molar-refractivity contribution in [3.05, 3.63) is 132 Å². The quantitative estimate of drug-likeness (QED) is 0.343. The van der Waals surface area contributed by atoms with Crippen molar-refractivity contribution in [1.82, 2.24) is 9.80 Å². The van der Waals surface area contributed by atoms with E-state index in [1.807, 2.05) is 6.08 Å². The molecule has 0 fully saturated rings. The lowest BCUT2D eigenvalue weighted by Gasteiger charge is -2.39. The molecule has 176 valence electrons. The first-order valence-electron chi connectivity index (χ1n) is 12.7. The van der Waals surface area contributed by atoms with Gasteiger partial charge in [-0.05, 0) is 87.8 Å². The fourth-order valence-corrected chi connectivity index (χ4v) is 4.90. The summed E-state index contributed by atoms with van der Waals surface area (Å²) in [6, 6.07) is 0.369. The van der Waals surface area contributed by atoms with E-state index in [0.717, 1.165) is 44.2 Å². The average Bonchev–Trinajstić information content (AvgIpc) is 2.89. The minimum atomic E-state index is 0.369. The van der Waals surface area contributed by atoms with Gasteiger partial charge in [-0.25, -0.2) is 0 Å². The van der Waals surface area contributed by atoms with E-state index in [0.29, 0.717) is 12.0 Å². The Morgan fingerprint density at radius 2 is 1.79 bits per heavy atom. The van der Waals surface area contributed by atoms with Crippen LogP contribution in [-0.4, -0.2) is 15.8 Å². The molecule has 0 saturated heterocycles. The van der Waals surface area contributed by atoms with Crippen molar-refractivity contribution in [3.8, 4) is 0 Å². The fourth-order valence-electron chi connectivity index (χ4n) is 4.90. The predicted molar refractivity (Wildman–Crippen MR) is 146 cm³/mol. The van der Waals surface area contributed by atoms with Crippen molar-refractivity contribution in [2.24, 2.45) is 5.92 Å². The van der Waals surface area contributed by atoms with Gasteiger partial charge < -0.3 is 9.80 Å². The Labute approximate surface area is 206 Å². The molecule has 0 spiro atoms. The topological polar surface area (TPSA) is 6.48 Å². The van der Waals surface area contributed by atoms with Gasteiger partial charge >= 0.3 is 0 Å². The number of rotatable bonds is 8. The predicted octanol–water partition coefficient (Wildman–Crippen LogP) is 8.40. The summed E-state index contributed by atoms with van der Waals surface area (Å²) in [6.07, 6.45) is 42.2. The van der Waals surface area contributed by atoms with Crippen LogP contribution in [0.25, 0.3) is 0 Å². The molecule has 2 atom stereocenters. The Morgan fingerprint density at radius 1 is 0.941 bits per heavy atom. The molecular formula is C32H38N2. The summed E-state index contributed by atoms with van der Waals surface area (Å²) >= 11 is 0. The second-order valence-electron chi connectivity index (χ2n) is 9.27.